The Morgan fingerprint density at radius 2 is 1.43 bits per heavy atom. The van der Waals surface area contributed by atoms with Crippen molar-refractivity contribution in [1.82, 2.24) is 4.98 Å². The smallest absolute Gasteiger partial charge is 0.226 e. The number of hydrogen-bond donors (Lipinski definition) is 2. The number of oxazole rings is 1. The summed E-state index contributed by atoms with van der Waals surface area (Å²) in [5.74, 6) is 0.728. The minimum Gasteiger partial charge on any atom is -0.438 e. The van der Waals surface area contributed by atoms with Crippen molar-refractivity contribution in [2.45, 2.75) is 12.2 Å². The van der Waals surface area contributed by atoms with E-state index in [0.29, 0.717) is 28.5 Å². The van der Waals surface area contributed by atoms with Gasteiger partial charge in [-0.2, -0.15) is 0 Å². The molecule has 1 aliphatic rings. The molecule has 0 spiro atoms. The molecule has 2 N–H and O–H groups in total. The summed E-state index contributed by atoms with van der Waals surface area (Å²) in [6.45, 7) is 0. The quantitative estimate of drug-likeness (QED) is 0.719. The normalized spacial score (nSPS) is 19.9. The molecule has 0 saturated heterocycles. The van der Waals surface area contributed by atoms with Crippen molar-refractivity contribution in [2.24, 2.45) is 0 Å². The van der Waals surface area contributed by atoms with E-state index in [-0.39, 0.29) is 0 Å². The predicted octanol–water partition coefficient (Wildman–Crippen LogP) is 2.82. The SMILES string of the molecule is OC1c2ccccc2C(O)c2oc(-c3ccccc3)nc21. The summed E-state index contributed by atoms with van der Waals surface area (Å²) in [6, 6.07) is 16.7. The lowest BCUT2D eigenvalue weighted by Gasteiger charge is -2.23. The molecule has 1 aromatic heterocycles. The molecule has 4 heteroatoms. The Morgan fingerprint density at radius 1 is 0.810 bits per heavy atom. The van der Waals surface area contributed by atoms with Gasteiger partial charge < -0.3 is 14.6 Å². The molecule has 0 radical (unpaired) electrons. The highest BCUT2D eigenvalue weighted by Gasteiger charge is 2.35. The Kier molecular flexibility index (Phi) is 2.67. The van der Waals surface area contributed by atoms with Gasteiger partial charge in [-0.15, -0.1) is 0 Å². The number of nitrogens with zero attached hydrogens (tertiary/aromatic N) is 1. The van der Waals surface area contributed by atoms with Crippen molar-refractivity contribution >= 4 is 0 Å². The first-order valence-corrected chi connectivity index (χ1v) is 6.76. The molecule has 2 atom stereocenters. The van der Waals surface area contributed by atoms with E-state index in [4.69, 9.17) is 4.42 Å². The molecule has 4 nitrogen and oxygen atoms in total. The maximum atomic E-state index is 10.5. The zero-order chi connectivity index (χ0) is 14.4. The van der Waals surface area contributed by atoms with Crippen LogP contribution in [-0.4, -0.2) is 15.2 Å². The molecule has 104 valence electrons. The molecule has 1 aliphatic carbocycles. The average Bonchev–Trinajstić information content (AvgIpc) is 2.99. The van der Waals surface area contributed by atoms with Crippen LogP contribution in [0, 0.1) is 0 Å². The highest BCUT2D eigenvalue weighted by Crippen LogP contribution is 2.42. The molecule has 1 heterocycles. The van der Waals surface area contributed by atoms with Crippen molar-refractivity contribution < 1.29 is 14.6 Å². The van der Waals surface area contributed by atoms with Gasteiger partial charge in [0.1, 0.15) is 17.9 Å². The van der Waals surface area contributed by atoms with E-state index >= 15 is 0 Å². The number of hydrogen-bond acceptors (Lipinski definition) is 4. The lowest BCUT2D eigenvalue weighted by atomic mass is 9.88. The third-order valence-electron chi connectivity index (χ3n) is 3.79. The molecule has 3 aromatic rings. The van der Waals surface area contributed by atoms with E-state index in [1.807, 2.05) is 42.5 Å². The first-order valence-electron chi connectivity index (χ1n) is 6.76. The number of aliphatic hydroxyl groups excluding tert-OH is 2. The fourth-order valence-corrected chi connectivity index (χ4v) is 2.74. The van der Waals surface area contributed by atoms with Gasteiger partial charge in [-0.1, -0.05) is 42.5 Å². The van der Waals surface area contributed by atoms with Crippen LogP contribution in [0.5, 0.6) is 0 Å². The zero-order valence-electron chi connectivity index (χ0n) is 11.1. The first-order chi connectivity index (χ1) is 10.3. The van der Waals surface area contributed by atoms with E-state index in [9.17, 15) is 10.2 Å². The molecule has 0 saturated carbocycles. The Hall–Kier alpha value is -2.43. The Balaban J connectivity index is 1.87. The number of benzene rings is 2. The van der Waals surface area contributed by atoms with E-state index in [1.54, 1.807) is 12.1 Å². The second-order valence-electron chi connectivity index (χ2n) is 5.07. The van der Waals surface area contributed by atoms with Gasteiger partial charge in [0.05, 0.1) is 0 Å². The minimum absolute atomic E-state index is 0.319. The third kappa shape index (κ3) is 1.81. The minimum atomic E-state index is -0.899. The maximum Gasteiger partial charge on any atom is 0.226 e. The molecule has 0 amide bonds. The Morgan fingerprint density at radius 3 is 2.14 bits per heavy atom. The van der Waals surface area contributed by atoms with Gasteiger partial charge in [0.15, 0.2) is 5.76 Å². The van der Waals surface area contributed by atoms with Gasteiger partial charge in [-0.25, -0.2) is 4.98 Å². The van der Waals surface area contributed by atoms with Crippen LogP contribution in [0.4, 0.5) is 0 Å². The monoisotopic (exact) mass is 279 g/mol. The standard InChI is InChI=1S/C17H13NO3/c19-14-11-8-4-5-9-12(11)15(20)16-13(14)18-17(21-16)10-6-2-1-3-7-10/h1-9,14-15,19-20H. The molecular weight excluding hydrogens is 266 g/mol. The largest absolute Gasteiger partial charge is 0.438 e. The predicted molar refractivity (Wildman–Crippen MR) is 76.5 cm³/mol. The molecule has 0 fully saturated rings. The van der Waals surface area contributed by atoms with Crippen LogP contribution >= 0.6 is 0 Å². The van der Waals surface area contributed by atoms with Crippen LogP contribution in [0.1, 0.15) is 34.8 Å². The summed E-state index contributed by atoms with van der Waals surface area (Å²) >= 11 is 0. The van der Waals surface area contributed by atoms with E-state index in [2.05, 4.69) is 4.98 Å². The van der Waals surface area contributed by atoms with Crippen LogP contribution in [0.2, 0.25) is 0 Å². The van der Waals surface area contributed by atoms with Gasteiger partial charge >= 0.3 is 0 Å². The molecular formula is C17H13NO3. The van der Waals surface area contributed by atoms with Crippen LogP contribution in [-0.2, 0) is 0 Å². The van der Waals surface area contributed by atoms with E-state index < -0.39 is 12.2 Å². The maximum absolute atomic E-state index is 10.5. The van der Waals surface area contributed by atoms with Gasteiger partial charge in [-0.05, 0) is 23.3 Å². The zero-order valence-corrected chi connectivity index (χ0v) is 11.1. The number of aliphatic hydroxyl groups is 2. The number of fused-ring (bicyclic) bond motifs is 2. The average molecular weight is 279 g/mol. The van der Waals surface area contributed by atoms with E-state index in [0.717, 1.165) is 5.56 Å². The van der Waals surface area contributed by atoms with Crippen LogP contribution in [0.15, 0.2) is 59.0 Å². The summed E-state index contributed by atoms with van der Waals surface area (Å²) in [4.78, 5) is 4.37. The van der Waals surface area contributed by atoms with Crippen molar-refractivity contribution in [3.05, 3.63) is 77.2 Å². The lowest BCUT2D eigenvalue weighted by Crippen LogP contribution is -2.16. The second-order valence-corrected chi connectivity index (χ2v) is 5.07. The molecule has 2 unspecified atom stereocenters. The highest BCUT2D eigenvalue weighted by molar-refractivity contribution is 5.55. The summed E-state index contributed by atoms with van der Waals surface area (Å²) in [6.07, 6.45) is -1.77. The second kappa shape index (κ2) is 4.55. The number of rotatable bonds is 1. The van der Waals surface area contributed by atoms with Gasteiger partial charge in [-0.3, -0.25) is 0 Å². The highest BCUT2D eigenvalue weighted by atomic mass is 16.4. The summed E-state index contributed by atoms with van der Waals surface area (Å²) < 4.78 is 5.71. The van der Waals surface area contributed by atoms with Gasteiger partial charge in [0.2, 0.25) is 5.89 Å². The Labute approximate surface area is 121 Å². The molecule has 4 rings (SSSR count). The van der Waals surface area contributed by atoms with Crippen LogP contribution in [0.25, 0.3) is 11.5 Å². The molecule has 21 heavy (non-hydrogen) atoms. The van der Waals surface area contributed by atoms with Crippen LogP contribution in [0.3, 0.4) is 0 Å². The topological polar surface area (TPSA) is 66.5 Å². The van der Waals surface area contributed by atoms with Crippen molar-refractivity contribution in [3.8, 4) is 11.5 Å². The van der Waals surface area contributed by atoms with Crippen molar-refractivity contribution in [3.63, 3.8) is 0 Å². The summed E-state index contributed by atoms with van der Waals surface area (Å²) in [5, 5.41) is 20.9. The molecule has 2 aromatic carbocycles. The van der Waals surface area contributed by atoms with Crippen molar-refractivity contribution in [2.75, 3.05) is 0 Å². The summed E-state index contributed by atoms with van der Waals surface area (Å²) in [5.41, 5.74) is 2.54. The number of aromatic nitrogens is 1. The van der Waals surface area contributed by atoms with E-state index in [1.165, 1.54) is 0 Å². The fraction of sp³-hybridized carbons (Fsp3) is 0.118. The summed E-state index contributed by atoms with van der Waals surface area (Å²) in [7, 11) is 0. The van der Waals surface area contributed by atoms with Crippen molar-refractivity contribution in [1.29, 1.82) is 0 Å². The van der Waals surface area contributed by atoms with Crippen LogP contribution < -0.4 is 0 Å². The van der Waals surface area contributed by atoms with Gasteiger partial charge in [0.25, 0.3) is 0 Å². The third-order valence-corrected chi connectivity index (χ3v) is 3.79. The molecule has 0 aliphatic heterocycles. The lowest BCUT2D eigenvalue weighted by molar-refractivity contribution is 0.151. The fourth-order valence-electron chi connectivity index (χ4n) is 2.74. The van der Waals surface area contributed by atoms with Gasteiger partial charge in [0, 0.05) is 5.56 Å². The first kappa shape index (κ1) is 12.3. The Bertz CT molecular complexity index is 748. The molecule has 0 bridgehead atoms.